The highest BCUT2D eigenvalue weighted by molar-refractivity contribution is 7.89. The van der Waals surface area contributed by atoms with E-state index in [4.69, 9.17) is 0 Å². The number of hydrogen-bond acceptors (Lipinski definition) is 3. The van der Waals surface area contributed by atoms with E-state index in [0.717, 1.165) is 16.8 Å². The first kappa shape index (κ1) is 15.7. The summed E-state index contributed by atoms with van der Waals surface area (Å²) in [6.45, 7) is 5.73. The van der Waals surface area contributed by atoms with Gasteiger partial charge in [-0.3, -0.25) is 0 Å². The van der Waals surface area contributed by atoms with Gasteiger partial charge in [-0.2, -0.15) is 17.9 Å². The molecule has 0 aromatic heterocycles. The number of nitrogens with zero attached hydrogens (tertiary/aromatic N) is 2. The average molecular weight is 328 g/mol. The van der Waals surface area contributed by atoms with Gasteiger partial charge in [-0.1, -0.05) is 48.0 Å². The maximum atomic E-state index is 13.0. The van der Waals surface area contributed by atoms with Gasteiger partial charge in [-0.15, -0.1) is 0 Å². The largest absolute Gasteiger partial charge is 0.279 e. The molecule has 0 spiro atoms. The molecule has 0 atom stereocenters. The maximum Gasteiger partial charge on any atom is 0.279 e. The van der Waals surface area contributed by atoms with Crippen molar-refractivity contribution in [3.63, 3.8) is 0 Å². The molecular formula is C18H20N2O2S. The van der Waals surface area contributed by atoms with E-state index in [0.29, 0.717) is 6.42 Å². The molecule has 1 aliphatic rings. The minimum atomic E-state index is -3.66. The van der Waals surface area contributed by atoms with E-state index in [1.54, 1.807) is 24.3 Å². The van der Waals surface area contributed by atoms with Crippen LogP contribution in [0.2, 0.25) is 0 Å². The van der Waals surface area contributed by atoms with Crippen molar-refractivity contribution in [1.29, 1.82) is 0 Å². The van der Waals surface area contributed by atoms with E-state index in [1.165, 1.54) is 4.41 Å². The van der Waals surface area contributed by atoms with Crippen molar-refractivity contribution in [1.82, 2.24) is 4.41 Å². The van der Waals surface area contributed by atoms with Gasteiger partial charge in [0.25, 0.3) is 10.0 Å². The van der Waals surface area contributed by atoms with E-state index in [1.807, 2.05) is 51.1 Å². The molecule has 0 fully saturated rings. The van der Waals surface area contributed by atoms with Crippen molar-refractivity contribution < 1.29 is 8.42 Å². The van der Waals surface area contributed by atoms with Crippen LogP contribution in [-0.2, 0) is 10.0 Å². The van der Waals surface area contributed by atoms with Crippen LogP contribution in [0.5, 0.6) is 0 Å². The van der Waals surface area contributed by atoms with Gasteiger partial charge in [-0.25, -0.2) is 0 Å². The van der Waals surface area contributed by atoms with Gasteiger partial charge in [0.2, 0.25) is 0 Å². The first-order chi connectivity index (χ1) is 10.8. The summed E-state index contributed by atoms with van der Waals surface area (Å²) in [7, 11) is -3.66. The van der Waals surface area contributed by atoms with Crippen molar-refractivity contribution in [2.75, 3.05) is 0 Å². The molecule has 120 valence electrons. The monoisotopic (exact) mass is 328 g/mol. The smallest absolute Gasteiger partial charge is 0.200 e. The summed E-state index contributed by atoms with van der Waals surface area (Å²) in [5.41, 5.74) is 2.20. The van der Waals surface area contributed by atoms with Crippen LogP contribution in [-0.4, -0.2) is 24.1 Å². The molecule has 1 aliphatic heterocycles. The number of benzene rings is 2. The van der Waals surface area contributed by atoms with Crippen LogP contribution in [0, 0.1) is 6.92 Å². The van der Waals surface area contributed by atoms with Crippen molar-refractivity contribution in [2.45, 2.75) is 37.6 Å². The van der Waals surface area contributed by atoms with Crippen LogP contribution in [0.25, 0.3) is 0 Å². The second-order valence-electron chi connectivity index (χ2n) is 6.46. The van der Waals surface area contributed by atoms with Gasteiger partial charge in [0.05, 0.1) is 16.1 Å². The summed E-state index contributed by atoms with van der Waals surface area (Å²) >= 11 is 0. The Balaban J connectivity index is 2.03. The van der Waals surface area contributed by atoms with Crippen LogP contribution in [0.15, 0.2) is 64.6 Å². The zero-order valence-corrected chi connectivity index (χ0v) is 14.3. The average Bonchev–Trinajstić information content (AvgIpc) is 2.85. The number of hydrazone groups is 1. The maximum absolute atomic E-state index is 13.0. The minimum absolute atomic E-state index is 0.272. The Hall–Kier alpha value is -2.14. The fourth-order valence-corrected chi connectivity index (χ4v) is 4.34. The highest BCUT2D eigenvalue weighted by atomic mass is 32.2. The highest BCUT2D eigenvalue weighted by Crippen LogP contribution is 2.34. The van der Waals surface area contributed by atoms with Gasteiger partial charge < -0.3 is 0 Å². The van der Waals surface area contributed by atoms with Gasteiger partial charge in [-0.05, 0) is 38.5 Å². The van der Waals surface area contributed by atoms with E-state index < -0.39 is 15.6 Å². The molecule has 2 aromatic carbocycles. The van der Waals surface area contributed by atoms with Gasteiger partial charge in [0, 0.05) is 6.42 Å². The molecule has 0 radical (unpaired) electrons. The first-order valence-electron chi connectivity index (χ1n) is 7.56. The zero-order valence-electron chi connectivity index (χ0n) is 13.5. The summed E-state index contributed by atoms with van der Waals surface area (Å²) in [6, 6.07) is 16.6. The Morgan fingerprint density at radius 2 is 1.61 bits per heavy atom. The van der Waals surface area contributed by atoms with Crippen LogP contribution in [0.4, 0.5) is 0 Å². The molecule has 23 heavy (non-hydrogen) atoms. The normalized spacial score (nSPS) is 17.2. The molecule has 4 nitrogen and oxygen atoms in total. The molecule has 0 N–H and O–H groups in total. The highest BCUT2D eigenvalue weighted by Gasteiger charge is 2.42. The predicted octanol–water partition coefficient (Wildman–Crippen LogP) is 3.57. The number of sulfonamides is 1. The summed E-state index contributed by atoms with van der Waals surface area (Å²) in [5.74, 6) is 0. The fraction of sp³-hybridized carbons (Fsp3) is 0.278. The molecule has 0 amide bonds. The Labute approximate surface area is 137 Å². The zero-order chi connectivity index (χ0) is 16.7. The van der Waals surface area contributed by atoms with Gasteiger partial charge in [0.1, 0.15) is 0 Å². The number of hydrogen-bond donors (Lipinski definition) is 0. The lowest BCUT2D eigenvalue weighted by Gasteiger charge is -2.29. The van der Waals surface area contributed by atoms with E-state index >= 15 is 0 Å². The third kappa shape index (κ3) is 2.88. The Bertz CT molecular complexity index is 838. The molecule has 0 saturated heterocycles. The summed E-state index contributed by atoms with van der Waals surface area (Å²) in [6.07, 6.45) is 0.585. The molecule has 2 aromatic rings. The van der Waals surface area contributed by atoms with Crippen LogP contribution >= 0.6 is 0 Å². The third-order valence-electron chi connectivity index (χ3n) is 3.98. The Morgan fingerprint density at radius 1 is 1.00 bits per heavy atom. The van der Waals surface area contributed by atoms with Crippen LogP contribution in [0.1, 0.15) is 31.4 Å². The van der Waals surface area contributed by atoms with E-state index in [9.17, 15) is 8.42 Å². The SMILES string of the molecule is Cc1ccc(S(=O)(=O)N2N=C(c3ccccc3)CC2(C)C)cc1. The first-order valence-corrected chi connectivity index (χ1v) is 9.00. The number of rotatable bonds is 3. The molecule has 5 heteroatoms. The summed E-state index contributed by atoms with van der Waals surface area (Å²) in [5, 5.41) is 4.44. The molecule has 0 saturated carbocycles. The van der Waals surface area contributed by atoms with Crippen molar-refractivity contribution in [2.24, 2.45) is 5.10 Å². The van der Waals surface area contributed by atoms with Crippen molar-refractivity contribution in [3.05, 3.63) is 65.7 Å². The lowest BCUT2D eigenvalue weighted by Crippen LogP contribution is -2.40. The Kier molecular flexibility index (Phi) is 3.76. The summed E-state index contributed by atoms with van der Waals surface area (Å²) < 4.78 is 27.2. The lowest BCUT2D eigenvalue weighted by molar-refractivity contribution is 0.269. The standard InChI is InChI=1S/C18H20N2O2S/c1-14-9-11-16(12-10-14)23(21,22)20-18(2,3)13-17(19-20)15-7-5-4-6-8-15/h4-12H,13H2,1-3H3. The van der Waals surface area contributed by atoms with Gasteiger partial charge in [0.15, 0.2) is 0 Å². The minimum Gasteiger partial charge on any atom is -0.200 e. The second kappa shape index (κ2) is 5.49. The van der Waals surface area contributed by atoms with Crippen LogP contribution < -0.4 is 0 Å². The second-order valence-corrected chi connectivity index (χ2v) is 8.23. The van der Waals surface area contributed by atoms with Crippen molar-refractivity contribution in [3.8, 4) is 0 Å². The quantitative estimate of drug-likeness (QED) is 0.865. The molecule has 1 heterocycles. The molecular weight excluding hydrogens is 308 g/mol. The fourth-order valence-electron chi connectivity index (χ4n) is 2.74. The molecule has 3 rings (SSSR count). The molecule has 0 bridgehead atoms. The topological polar surface area (TPSA) is 49.7 Å². The molecule has 0 aliphatic carbocycles. The lowest BCUT2D eigenvalue weighted by atomic mass is 9.96. The number of aryl methyl sites for hydroxylation is 1. The molecule has 0 unspecified atom stereocenters. The van der Waals surface area contributed by atoms with Crippen LogP contribution in [0.3, 0.4) is 0 Å². The predicted molar refractivity (Wildman–Crippen MR) is 91.9 cm³/mol. The summed E-state index contributed by atoms with van der Waals surface area (Å²) in [4.78, 5) is 0.272. The third-order valence-corrected chi connectivity index (χ3v) is 5.88. The van der Waals surface area contributed by atoms with E-state index in [2.05, 4.69) is 5.10 Å². The van der Waals surface area contributed by atoms with Gasteiger partial charge >= 0.3 is 0 Å². The van der Waals surface area contributed by atoms with E-state index in [-0.39, 0.29) is 4.90 Å². The Morgan fingerprint density at radius 3 is 2.22 bits per heavy atom. The van der Waals surface area contributed by atoms with Crippen molar-refractivity contribution >= 4 is 15.7 Å².